The normalized spacial score (nSPS) is 11.5. The lowest BCUT2D eigenvalue weighted by Gasteiger charge is -2.24. The molecule has 1 rings (SSSR count). The van der Waals surface area contributed by atoms with Gasteiger partial charge in [-0.1, -0.05) is 24.3 Å². The lowest BCUT2D eigenvalue weighted by molar-refractivity contribution is -0.138. The highest BCUT2D eigenvalue weighted by atomic mass is 19.3. The van der Waals surface area contributed by atoms with Crippen molar-refractivity contribution in [1.82, 2.24) is 4.90 Å². The highest BCUT2D eigenvalue weighted by Gasteiger charge is 2.14. The van der Waals surface area contributed by atoms with Gasteiger partial charge in [-0.2, -0.15) is 0 Å². The van der Waals surface area contributed by atoms with Gasteiger partial charge in [-0.15, -0.1) is 0 Å². The molecule has 0 aromatic heterocycles. The van der Waals surface area contributed by atoms with Crippen LogP contribution in [0.25, 0.3) is 0 Å². The van der Waals surface area contributed by atoms with Gasteiger partial charge in [0, 0.05) is 18.2 Å². The third kappa shape index (κ3) is 4.41. The molecule has 18 heavy (non-hydrogen) atoms. The number of hydrogen-bond donors (Lipinski definition) is 1. The summed E-state index contributed by atoms with van der Waals surface area (Å²) in [5.41, 5.74) is 0.808. The average molecular weight is 257 g/mol. The summed E-state index contributed by atoms with van der Waals surface area (Å²) in [4.78, 5) is 12.5. The summed E-state index contributed by atoms with van der Waals surface area (Å²) < 4.78 is 24.7. The molecule has 0 spiro atoms. The Balaban J connectivity index is 2.72. The first kappa shape index (κ1) is 14.6. The van der Waals surface area contributed by atoms with Crippen molar-refractivity contribution in [3.05, 3.63) is 35.4 Å². The quantitative estimate of drug-likeness (QED) is 0.851. The first-order chi connectivity index (χ1) is 8.40. The van der Waals surface area contributed by atoms with Crippen LogP contribution in [-0.4, -0.2) is 28.6 Å². The Morgan fingerprint density at radius 2 is 1.83 bits per heavy atom. The fraction of sp³-hybridized carbons (Fsp3) is 0.462. The molecule has 0 saturated carbocycles. The van der Waals surface area contributed by atoms with E-state index >= 15 is 0 Å². The van der Waals surface area contributed by atoms with Gasteiger partial charge >= 0.3 is 5.97 Å². The Bertz CT molecular complexity index is 390. The van der Waals surface area contributed by atoms with Crippen molar-refractivity contribution < 1.29 is 18.7 Å². The molecule has 0 fully saturated rings. The van der Waals surface area contributed by atoms with Crippen molar-refractivity contribution in [3.8, 4) is 0 Å². The van der Waals surface area contributed by atoms with E-state index in [9.17, 15) is 13.6 Å². The van der Waals surface area contributed by atoms with E-state index in [1.165, 1.54) is 12.1 Å². The number of carboxylic acids is 1. The molecule has 3 nitrogen and oxygen atoms in total. The lowest BCUT2D eigenvalue weighted by atomic mass is 10.1. The first-order valence-corrected chi connectivity index (χ1v) is 5.73. The third-order valence-electron chi connectivity index (χ3n) is 2.69. The van der Waals surface area contributed by atoms with E-state index in [1.54, 1.807) is 17.0 Å². The van der Waals surface area contributed by atoms with Crippen LogP contribution in [0.15, 0.2) is 24.3 Å². The zero-order chi connectivity index (χ0) is 13.7. The van der Waals surface area contributed by atoms with Crippen molar-refractivity contribution in [3.63, 3.8) is 0 Å². The van der Waals surface area contributed by atoms with Crippen LogP contribution in [-0.2, 0) is 11.3 Å². The van der Waals surface area contributed by atoms with E-state index in [0.717, 1.165) is 5.56 Å². The summed E-state index contributed by atoms with van der Waals surface area (Å²) in [6, 6.07) is 6.05. The maximum Gasteiger partial charge on any atom is 0.317 e. The molecule has 0 radical (unpaired) electrons. The molecule has 1 aromatic rings. The van der Waals surface area contributed by atoms with Gasteiger partial charge in [0.15, 0.2) is 0 Å². The average Bonchev–Trinajstić information content (AvgIpc) is 2.28. The van der Waals surface area contributed by atoms with Crippen molar-refractivity contribution in [2.45, 2.75) is 32.9 Å². The number of rotatable bonds is 6. The second kappa shape index (κ2) is 6.44. The number of nitrogens with zero attached hydrogens (tertiary/aromatic N) is 1. The van der Waals surface area contributed by atoms with E-state index in [0.29, 0.717) is 6.54 Å². The molecule has 1 N–H and O–H groups in total. The highest BCUT2D eigenvalue weighted by Crippen LogP contribution is 2.19. The third-order valence-corrected chi connectivity index (χ3v) is 2.69. The predicted molar refractivity (Wildman–Crippen MR) is 64.6 cm³/mol. The molecule has 0 saturated heterocycles. The molecule has 0 heterocycles. The fourth-order valence-electron chi connectivity index (χ4n) is 1.60. The van der Waals surface area contributed by atoms with Gasteiger partial charge in [0.2, 0.25) is 0 Å². The fourth-order valence-corrected chi connectivity index (χ4v) is 1.60. The van der Waals surface area contributed by atoms with Crippen LogP contribution in [0, 0.1) is 0 Å². The summed E-state index contributed by atoms with van der Waals surface area (Å²) in [6.07, 6.45) is -2.47. The topological polar surface area (TPSA) is 40.5 Å². The van der Waals surface area contributed by atoms with Crippen LogP contribution >= 0.6 is 0 Å². The van der Waals surface area contributed by atoms with Gasteiger partial charge in [-0.25, -0.2) is 8.78 Å². The second-order valence-electron chi connectivity index (χ2n) is 4.43. The minimum atomic E-state index is -2.47. The largest absolute Gasteiger partial charge is 0.480 e. The van der Waals surface area contributed by atoms with E-state index < -0.39 is 12.4 Å². The molecular formula is C13H17F2NO2. The number of carbonyl (C=O) groups is 1. The Morgan fingerprint density at radius 3 is 2.22 bits per heavy atom. The molecule has 0 aliphatic carbocycles. The highest BCUT2D eigenvalue weighted by molar-refractivity contribution is 5.69. The summed E-state index contributed by atoms with van der Waals surface area (Å²) >= 11 is 0. The van der Waals surface area contributed by atoms with Gasteiger partial charge < -0.3 is 5.11 Å². The van der Waals surface area contributed by atoms with Crippen molar-refractivity contribution in [2.24, 2.45) is 0 Å². The minimum absolute atomic E-state index is 0.0203. The lowest BCUT2D eigenvalue weighted by Crippen LogP contribution is -2.35. The zero-order valence-electron chi connectivity index (χ0n) is 10.4. The van der Waals surface area contributed by atoms with Gasteiger partial charge in [0.05, 0.1) is 6.54 Å². The van der Waals surface area contributed by atoms with E-state index in [-0.39, 0.29) is 18.2 Å². The molecular weight excluding hydrogens is 240 g/mol. The number of carboxylic acid groups (broad SMARTS) is 1. The monoisotopic (exact) mass is 257 g/mol. The predicted octanol–water partition coefficient (Wildman–Crippen LogP) is 2.92. The molecule has 0 aliphatic heterocycles. The van der Waals surface area contributed by atoms with Crippen LogP contribution in [0.4, 0.5) is 8.78 Å². The van der Waals surface area contributed by atoms with E-state index in [1.807, 2.05) is 13.8 Å². The standard InChI is InChI=1S/C13H17F2NO2/c1-9(2)16(8-12(17)18)7-10-3-5-11(6-4-10)13(14)15/h3-6,9,13H,7-8H2,1-2H3,(H,17,18). The van der Waals surface area contributed by atoms with Crippen LogP contribution in [0.5, 0.6) is 0 Å². The summed E-state index contributed by atoms with van der Waals surface area (Å²) in [6.45, 7) is 4.18. The van der Waals surface area contributed by atoms with Crippen LogP contribution in [0.3, 0.4) is 0 Å². The molecule has 0 amide bonds. The van der Waals surface area contributed by atoms with Gasteiger partial charge in [-0.3, -0.25) is 9.69 Å². The molecule has 0 atom stereocenters. The number of aliphatic carboxylic acids is 1. The molecule has 5 heteroatoms. The van der Waals surface area contributed by atoms with E-state index in [4.69, 9.17) is 5.11 Å². The Hall–Kier alpha value is -1.49. The van der Waals surface area contributed by atoms with E-state index in [2.05, 4.69) is 0 Å². The molecule has 1 aromatic carbocycles. The van der Waals surface area contributed by atoms with Crippen molar-refractivity contribution in [1.29, 1.82) is 0 Å². The summed E-state index contributed by atoms with van der Waals surface area (Å²) in [5, 5.41) is 8.79. The van der Waals surface area contributed by atoms with Gasteiger partial charge in [0.1, 0.15) is 0 Å². The Labute approximate surface area is 105 Å². The van der Waals surface area contributed by atoms with Crippen LogP contribution < -0.4 is 0 Å². The SMILES string of the molecule is CC(C)N(CC(=O)O)Cc1ccc(C(F)F)cc1. The maximum atomic E-state index is 12.4. The van der Waals surface area contributed by atoms with Crippen LogP contribution in [0.1, 0.15) is 31.4 Å². The number of benzene rings is 1. The zero-order valence-corrected chi connectivity index (χ0v) is 10.4. The Kier molecular flexibility index (Phi) is 5.22. The smallest absolute Gasteiger partial charge is 0.317 e. The first-order valence-electron chi connectivity index (χ1n) is 5.73. The molecule has 100 valence electrons. The van der Waals surface area contributed by atoms with Gasteiger partial charge in [0.25, 0.3) is 6.43 Å². The summed E-state index contributed by atoms with van der Waals surface area (Å²) in [7, 11) is 0. The number of alkyl halides is 2. The Morgan fingerprint density at radius 1 is 1.28 bits per heavy atom. The molecule has 0 aliphatic rings. The number of halogens is 2. The molecule has 0 bridgehead atoms. The second-order valence-corrected chi connectivity index (χ2v) is 4.43. The van der Waals surface area contributed by atoms with Gasteiger partial charge in [-0.05, 0) is 19.4 Å². The van der Waals surface area contributed by atoms with Crippen molar-refractivity contribution >= 4 is 5.97 Å². The number of hydrogen-bond acceptors (Lipinski definition) is 2. The summed E-state index contributed by atoms with van der Waals surface area (Å²) in [5.74, 6) is -0.895. The minimum Gasteiger partial charge on any atom is -0.480 e. The maximum absolute atomic E-state index is 12.4. The molecule has 0 unspecified atom stereocenters. The van der Waals surface area contributed by atoms with Crippen molar-refractivity contribution in [2.75, 3.05) is 6.54 Å². The van der Waals surface area contributed by atoms with Crippen LogP contribution in [0.2, 0.25) is 0 Å².